The summed E-state index contributed by atoms with van der Waals surface area (Å²) in [7, 11) is 0. The number of quaternary nitrogens is 1. The van der Waals surface area contributed by atoms with Crippen LogP contribution in [0.25, 0.3) is 17.0 Å². The summed E-state index contributed by atoms with van der Waals surface area (Å²) in [5.74, 6) is 4.89. The van der Waals surface area contributed by atoms with E-state index in [2.05, 4.69) is 16.3 Å². The van der Waals surface area contributed by atoms with Crippen molar-refractivity contribution in [2.24, 2.45) is 5.84 Å². The topological polar surface area (TPSA) is 121 Å². The highest BCUT2D eigenvalue weighted by Crippen LogP contribution is 2.35. The van der Waals surface area contributed by atoms with Crippen LogP contribution >= 0.6 is 23.4 Å². The van der Waals surface area contributed by atoms with E-state index in [9.17, 15) is 22.8 Å². The van der Waals surface area contributed by atoms with Gasteiger partial charge < -0.3 is 11.2 Å². The summed E-state index contributed by atoms with van der Waals surface area (Å²) >= 11 is 6.56. The lowest BCUT2D eigenvalue weighted by Crippen LogP contribution is -2.45. The maximum absolute atomic E-state index is 13.4. The number of benzene rings is 2. The molecule has 3 aromatic rings. The summed E-state index contributed by atoms with van der Waals surface area (Å²) in [6.45, 7) is -0.135. The maximum atomic E-state index is 13.4. The fourth-order valence-electron chi connectivity index (χ4n) is 3.56. The van der Waals surface area contributed by atoms with Crippen LogP contribution in [0.3, 0.4) is 0 Å². The fourth-order valence-corrected chi connectivity index (χ4v) is 4.57. The Bertz CT molecular complexity index is 1390. The van der Waals surface area contributed by atoms with Crippen LogP contribution in [0.1, 0.15) is 16.7 Å². The number of nitrogens with zero attached hydrogens (tertiary/aromatic N) is 3. The molecule has 0 aliphatic carbocycles. The summed E-state index contributed by atoms with van der Waals surface area (Å²) in [5.41, 5.74) is 6.83. The molecule has 13 heteroatoms. The molecule has 2 aromatic carbocycles. The van der Waals surface area contributed by atoms with Gasteiger partial charge in [-0.1, -0.05) is 23.7 Å². The molecule has 8 nitrogen and oxygen atoms in total. The molecule has 2 heterocycles. The average molecular weight is 524 g/mol. The number of fused-ring (bicyclic) bond motifs is 1. The van der Waals surface area contributed by atoms with Gasteiger partial charge >= 0.3 is 6.18 Å². The number of alkyl halides is 3. The van der Waals surface area contributed by atoms with Crippen molar-refractivity contribution in [3.8, 4) is 0 Å². The molecule has 1 aliphatic rings. The second kappa shape index (κ2) is 9.74. The Balaban J connectivity index is 1.59. The number of hydrazine groups is 1. The van der Waals surface area contributed by atoms with Gasteiger partial charge in [0.15, 0.2) is 0 Å². The average Bonchev–Trinajstić information content (AvgIpc) is 3.32. The molecular weight excluding hydrogens is 505 g/mol. The van der Waals surface area contributed by atoms with Crippen molar-refractivity contribution >= 4 is 51.5 Å². The molecule has 182 valence electrons. The standard InChI is InChI=1S/C22H18ClF3N6O2S/c23-15-3-2-13(17(7-15)22(24,25)26)10-32-18-4-1-12(5-14(18)9-29-32)6-19-20(33)31(21(34)35-19)11-16(8-27)30-28/h1-9,30H,10-11,27-28H2/p+1/b16-8-,19-6-. The first-order chi connectivity index (χ1) is 16.6. The molecule has 2 amide bonds. The number of hydrogen-bond acceptors (Lipinski definition) is 6. The van der Waals surface area contributed by atoms with Gasteiger partial charge in [-0.15, -0.1) is 0 Å². The molecule has 1 aromatic heterocycles. The number of nitrogens with one attached hydrogen (secondary N) is 1. The molecule has 0 radical (unpaired) electrons. The number of halogens is 4. The van der Waals surface area contributed by atoms with Gasteiger partial charge in [-0.2, -0.15) is 18.3 Å². The second-order valence-electron chi connectivity index (χ2n) is 7.56. The van der Waals surface area contributed by atoms with E-state index in [0.717, 1.165) is 22.7 Å². The first-order valence-corrected chi connectivity index (χ1v) is 11.3. The van der Waals surface area contributed by atoms with Crippen molar-refractivity contribution in [2.75, 3.05) is 6.54 Å². The third-order valence-corrected chi connectivity index (χ3v) is 6.44. The zero-order valence-electron chi connectivity index (χ0n) is 18.0. The van der Waals surface area contributed by atoms with Crippen LogP contribution in [0, 0.1) is 0 Å². The highest BCUT2D eigenvalue weighted by Gasteiger charge is 2.36. The first-order valence-electron chi connectivity index (χ1n) is 10.1. The number of rotatable bonds is 6. The lowest BCUT2D eigenvalue weighted by atomic mass is 10.1. The lowest BCUT2D eigenvalue weighted by Gasteiger charge is -2.14. The first kappa shape index (κ1) is 24.8. The molecule has 4 rings (SSSR count). The van der Waals surface area contributed by atoms with E-state index < -0.39 is 22.9 Å². The molecule has 1 saturated heterocycles. The Morgan fingerprint density at radius 1 is 1.23 bits per heavy atom. The predicted molar refractivity (Wildman–Crippen MR) is 126 cm³/mol. The van der Waals surface area contributed by atoms with Crippen LogP contribution in [-0.4, -0.2) is 32.4 Å². The molecule has 1 fully saturated rings. The van der Waals surface area contributed by atoms with Crippen LogP contribution in [0.15, 0.2) is 59.4 Å². The SMILES string of the molecule is NN/C(=C\[NH3+])CN1C(=O)S/C(=C\c2ccc3c(cnn3Cc3ccc(Cl)cc3C(F)(F)F)c2)C1=O. The van der Waals surface area contributed by atoms with Crippen molar-refractivity contribution in [1.29, 1.82) is 0 Å². The summed E-state index contributed by atoms with van der Waals surface area (Å²) in [6.07, 6.45) is -0.0318. The van der Waals surface area contributed by atoms with E-state index in [1.165, 1.54) is 29.2 Å². The van der Waals surface area contributed by atoms with Gasteiger partial charge in [-0.25, -0.2) is 0 Å². The minimum atomic E-state index is -4.55. The van der Waals surface area contributed by atoms with Gasteiger partial charge in [0.1, 0.15) is 6.20 Å². The monoisotopic (exact) mass is 523 g/mol. The van der Waals surface area contributed by atoms with Crippen molar-refractivity contribution in [3.63, 3.8) is 0 Å². The minimum absolute atomic E-state index is 0.00153. The van der Waals surface area contributed by atoms with Crippen molar-refractivity contribution in [2.45, 2.75) is 12.7 Å². The molecule has 0 unspecified atom stereocenters. The van der Waals surface area contributed by atoms with Gasteiger partial charge in [0.2, 0.25) is 0 Å². The molecule has 0 saturated carbocycles. The van der Waals surface area contributed by atoms with E-state index in [0.29, 0.717) is 22.2 Å². The summed E-state index contributed by atoms with van der Waals surface area (Å²) in [6, 6.07) is 8.77. The number of thioether (sulfide) groups is 1. The molecule has 1 aliphatic heterocycles. The van der Waals surface area contributed by atoms with Crippen molar-refractivity contribution < 1.29 is 28.5 Å². The Morgan fingerprint density at radius 2 is 2.00 bits per heavy atom. The number of amides is 2. The number of hydrogen-bond donors (Lipinski definition) is 3. The smallest absolute Gasteiger partial charge is 0.330 e. The zero-order chi connectivity index (χ0) is 25.3. The number of carbonyl (C=O) groups excluding carboxylic acids is 2. The largest absolute Gasteiger partial charge is 0.416 e. The Labute approximate surface area is 206 Å². The normalized spacial score (nSPS) is 16.1. The van der Waals surface area contributed by atoms with Crippen LogP contribution in [0.5, 0.6) is 0 Å². The number of nitrogens with two attached hydrogens (primary N) is 1. The van der Waals surface area contributed by atoms with Gasteiger partial charge in [-0.3, -0.25) is 25.0 Å². The number of imide groups is 1. The van der Waals surface area contributed by atoms with Crippen LogP contribution in [-0.2, 0) is 17.5 Å². The molecule has 0 bridgehead atoms. The molecule has 35 heavy (non-hydrogen) atoms. The Kier molecular flexibility index (Phi) is 6.90. The highest BCUT2D eigenvalue weighted by molar-refractivity contribution is 8.18. The minimum Gasteiger partial charge on any atom is -0.330 e. The summed E-state index contributed by atoms with van der Waals surface area (Å²) < 4.78 is 41.8. The van der Waals surface area contributed by atoms with E-state index in [1.54, 1.807) is 24.3 Å². The van der Waals surface area contributed by atoms with Crippen LogP contribution in [0.2, 0.25) is 5.02 Å². The van der Waals surface area contributed by atoms with E-state index in [4.69, 9.17) is 17.4 Å². The fraction of sp³-hybridized carbons (Fsp3) is 0.136. The summed E-state index contributed by atoms with van der Waals surface area (Å²) in [4.78, 5) is 26.2. The Hall–Kier alpha value is -3.32. The van der Waals surface area contributed by atoms with Crippen molar-refractivity contribution in [1.82, 2.24) is 20.1 Å². The third-order valence-electron chi connectivity index (χ3n) is 5.29. The molecule has 6 N–H and O–H groups in total. The third kappa shape index (κ3) is 5.20. The lowest BCUT2D eigenvalue weighted by molar-refractivity contribution is -0.276. The second-order valence-corrected chi connectivity index (χ2v) is 8.99. The van der Waals surface area contributed by atoms with Gasteiger partial charge in [-0.05, 0) is 53.2 Å². The van der Waals surface area contributed by atoms with Gasteiger partial charge in [0, 0.05) is 10.4 Å². The highest BCUT2D eigenvalue weighted by atomic mass is 35.5. The zero-order valence-corrected chi connectivity index (χ0v) is 19.5. The van der Waals surface area contributed by atoms with E-state index >= 15 is 0 Å². The molecule has 0 atom stereocenters. The van der Waals surface area contributed by atoms with Gasteiger partial charge in [0.05, 0.1) is 41.0 Å². The summed E-state index contributed by atoms with van der Waals surface area (Å²) in [5, 5.41) is 4.45. The number of carbonyl (C=O) groups is 2. The predicted octanol–water partition coefficient (Wildman–Crippen LogP) is 3.34. The molecule has 0 spiro atoms. The van der Waals surface area contributed by atoms with Crippen LogP contribution < -0.4 is 17.0 Å². The van der Waals surface area contributed by atoms with E-state index in [-0.39, 0.29) is 28.6 Å². The number of aromatic nitrogens is 2. The maximum Gasteiger partial charge on any atom is 0.416 e. The van der Waals surface area contributed by atoms with Gasteiger partial charge in [0.25, 0.3) is 11.1 Å². The van der Waals surface area contributed by atoms with E-state index in [1.807, 2.05) is 0 Å². The quantitative estimate of drug-likeness (QED) is 0.259. The molecular formula is C22H19ClF3N6O2S+. The van der Waals surface area contributed by atoms with Crippen molar-refractivity contribution in [3.05, 3.63) is 81.1 Å². The Morgan fingerprint density at radius 3 is 2.69 bits per heavy atom. The van der Waals surface area contributed by atoms with Crippen LogP contribution in [0.4, 0.5) is 18.0 Å².